The molecule has 33 heavy (non-hydrogen) atoms. The minimum Gasteiger partial charge on any atom is -0.459 e. The zero-order valence-corrected chi connectivity index (χ0v) is 21.1. The van der Waals surface area contributed by atoms with Gasteiger partial charge in [-0.15, -0.1) is 0 Å². The normalized spacial score (nSPS) is 19.5. The lowest BCUT2D eigenvalue weighted by molar-refractivity contribution is 0.0632. The maximum Gasteiger partial charge on any atom is 0.289 e. The van der Waals surface area contributed by atoms with Crippen LogP contribution in [-0.2, 0) is 7.05 Å². The summed E-state index contributed by atoms with van der Waals surface area (Å²) in [5.41, 5.74) is 0. The first-order valence-corrected chi connectivity index (χ1v) is 12.1. The van der Waals surface area contributed by atoms with Gasteiger partial charge in [-0.2, -0.15) is 0 Å². The molecular formula is C25H44N6O2. The summed E-state index contributed by atoms with van der Waals surface area (Å²) in [7, 11) is 8.39. The van der Waals surface area contributed by atoms with Gasteiger partial charge in [0, 0.05) is 71.8 Å². The van der Waals surface area contributed by atoms with E-state index in [1.165, 1.54) is 45.3 Å². The van der Waals surface area contributed by atoms with E-state index in [9.17, 15) is 4.79 Å². The van der Waals surface area contributed by atoms with Gasteiger partial charge in [0.25, 0.3) is 5.91 Å². The molecule has 0 saturated carbocycles. The van der Waals surface area contributed by atoms with Gasteiger partial charge in [-0.25, -0.2) is 0 Å². The Morgan fingerprint density at radius 2 is 1.30 bits per heavy atom. The molecule has 8 nitrogen and oxygen atoms in total. The van der Waals surface area contributed by atoms with Crippen LogP contribution >= 0.6 is 0 Å². The number of nitrogens with zero attached hydrogens (tertiary/aromatic N) is 5. The van der Waals surface area contributed by atoms with E-state index >= 15 is 0 Å². The minimum absolute atomic E-state index is 0.00287. The highest BCUT2D eigenvalue weighted by Crippen LogP contribution is 2.08. The number of nitrogens with one attached hydrogen (secondary N) is 1. The van der Waals surface area contributed by atoms with Crippen LogP contribution in [0.4, 0.5) is 0 Å². The molecule has 5 rings (SSSR count). The third-order valence-corrected chi connectivity index (χ3v) is 5.95. The highest BCUT2D eigenvalue weighted by molar-refractivity contribution is 5.91. The molecule has 8 heteroatoms. The molecule has 3 aliphatic rings. The van der Waals surface area contributed by atoms with Crippen molar-refractivity contribution in [1.82, 2.24) is 29.5 Å². The van der Waals surface area contributed by atoms with E-state index in [0.717, 1.165) is 39.3 Å². The number of aromatic nitrogens is 1. The van der Waals surface area contributed by atoms with Crippen LogP contribution < -0.4 is 5.32 Å². The fraction of sp³-hybridized carbons (Fsp3) is 0.640. The van der Waals surface area contributed by atoms with Crippen LogP contribution in [0, 0.1) is 0 Å². The van der Waals surface area contributed by atoms with Crippen LogP contribution in [0.25, 0.3) is 0 Å². The van der Waals surface area contributed by atoms with Gasteiger partial charge in [0.05, 0.1) is 6.26 Å². The maximum atomic E-state index is 11.8. The Morgan fingerprint density at radius 1 is 0.758 bits per heavy atom. The van der Waals surface area contributed by atoms with E-state index in [0.29, 0.717) is 5.76 Å². The topological polar surface area (TPSA) is 60.1 Å². The molecule has 0 bridgehead atoms. The van der Waals surface area contributed by atoms with Gasteiger partial charge in [-0.05, 0) is 71.3 Å². The van der Waals surface area contributed by atoms with Crippen molar-refractivity contribution in [2.24, 2.45) is 7.05 Å². The largest absolute Gasteiger partial charge is 0.459 e. The number of likely N-dealkylation sites (tertiary alicyclic amines) is 1. The van der Waals surface area contributed by atoms with E-state index in [4.69, 9.17) is 4.42 Å². The summed E-state index contributed by atoms with van der Waals surface area (Å²) in [5, 5.41) is 3.27. The molecule has 0 atom stereocenters. The third kappa shape index (κ3) is 11.5. The summed E-state index contributed by atoms with van der Waals surface area (Å²) in [6, 6.07) is 7.45. The SMILES string of the molecule is CN1CCCC1.CN1CCN(C(=O)c2ccco2)CC1.CN1CCNCC1.Cn1cccc1. The summed E-state index contributed by atoms with van der Waals surface area (Å²) in [6.07, 6.45) is 8.36. The lowest BCUT2D eigenvalue weighted by Crippen LogP contribution is -2.47. The summed E-state index contributed by atoms with van der Waals surface area (Å²) in [5.74, 6) is 0.442. The molecule has 5 heterocycles. The molecule has 3 aliphatic heterocycles. The molecule has 3 fully saturated rings. The smallest absolute Gasteiger partial charge is 0.289 e. The first-order chi connectivity index (χ1) is 16.0. The first kappa shape index (κ1) is 27.1. The van der Waals surface area contributed by atoms with Crippen LogP contribution in [0.5, 0.6) is 0 Å². The molecule has 2 aromatic heterocycles. The number of amides is 1. The molecular weight excluding hydrogens is 416 g/mol. The second-order valence-corrected chi connectivity index (χ2v) is 8.98. The van der Waals surface area contributed by atoms with Crippen LogP contribution in [0.2, 0.25) is 0 Å². The average molecular weight is 461 g/mol. The molecule has 186 valence electrons. The highest BCUT2D eigenvalue weighted by Gasteiger charge is 2.21. The highest BCUT2D eigenvalue weighted by atomic mass is 16.3. The fourth-order valence-corrected chi connectivity index (χ4v) is 3.64. The molecule has 3 saturated heterocycles. The van der Waals surface area contributed by atoms with Gasteiger partial charge in [0.15, 0.2) is 5.76 Å². The number of furan rings is 1. The summed E-state index contributed by atoms with van der Waals surface area (Å²) in [6.45, 7) is 10.8. The Balaban J connectivity index is 0.000000170. The summed E-state index contributed by atoms with van der Waals surface area (Å²) < 4.78 is 7.07. The van der Waals surface area contributed by atoms with E-state index in [2.05, 4.69) is 41.2 Å². The van der Waals surface area contributed by atoms with Crippen molar-refractivity contribution in [3.63, 3.8) is 0 Å². The average Bonchev–Trinajstić information content (AvgIpc) is 3.60. The summed E-state index contributed by atoms with van der Waals surface area (Å²) in [4.78, 5) is 20.5. The number of hydrogen-bond donors (Lipinski definition) is 1. The van der Waals surface area contributed by atoms with E-state index < -0.39 is 0 Å². The monoisotopic (exact) mass is 460 g/mol. The second-order valence-electron chi connectivity index (χ2n) is 8.98. The molecule has 0 unspecified atom stereocenters. The van der Waals surface area contributed by atoms with Crippen LogP contribution in [0.1, 0.15) is 23.4 Å². The predicted octanol–water partition coefficient (Wildman–Crippen LogP) is 1.93. The van der Waals surface area contributed by atoms with Crippen molar-refractivity contribution in [2.75, 3.05) is 86.6 Å². The van der Waals surface area contributed by atoms with Crippen molar-refractivity contribution in [1.29, 1.82) is 0 Å². The quantitative estimate of drug-likeness (QED) is 0.702. The van der Waals surface area contributed by atoms with E-state index in [-0.39, 0.29) is 5.91 Å². The number of carbonyl (C=O) groups excluding carboxylic acids is 1. The Hall–Kier alpha value is -2.13. The zero-order chi connectivity index (χ0) is 23.9. The molecule has 2 aromatic rings. The zero-order valence-electron chi connectivity index (χ0n) is 21.1. The lowest BCUT2D eigenvalue weighted by Gasteiger charge is -2.31. The van der Waals surface area contributed by atoms with Crippen LogP contribution in [-0.4, -0.2) is 117 Å². The number of rotatable bonds is 1. The lowest BCUT2D eigenvalue weighted by atomic mass is 10.3. The number of likely N-dealkylation sites (N-methyl/N-ethyl adjacent to an activating group) is 2. The molecule has 0 aromatic carbocycles. The van der Waals surface area contributed by atoms with Gasteiger partial charge < -0.3 is 33.9 Å². The van der Waals surface area contributed by atoms with Crippen molar-refractivity contribution >= 4 is 5.91 Å². The first-order valence-electron chi connectivity index (χ1n) is 12.1. The molecule has 1 amide bonds. The van der Waals surface area contributed by atoms with Gasteiger partial charge >= 0.3 is 0 Å². The van der Waals surface area contributed by atoms with Crippen molar-refractivity contribution in [2.45, 2.75) is 12.8 Å². The molecule has 0 aliphatic carbocycles. The second kappa shape index (κ2) is 15.7. The molecule has 0 spiro atoms. The Bertz CT molecular complexity index is 714. The number of aryl methyl sites for hydroxylation is 1. The van der Waals surface area contributed by atoms with Gasteiger partial charge in [0.2, 0.25) is 0 Å². The predicted molar refractivity (Wildman–Crippen MR) is 135 cm³/mol. The van der Waals surface area contributed by atoms with E-state index in [1.54, 1.807) is 12.1 Å². The summed E-state index contributed by atoms with van der Waals surface area (Å²) >= 11 is 0. The number of piperazine rings is 2. The van der Waals surface area contributed by atoms with Crippen molar-refractivity contribution in [3.8, 4) is 0 Å². The fourth-order valence-electron chi connectivity index (χ4n) is 3.64. The van der Waals surface area contributed by atoms with Crippen molar-refractivity contribution < 1.29 is 9.21 Å². The van der Waals surface area contributed by atoms with Gasteiger partial charge in [0.1, 0.15) is 0 Å². The molecule has 0 radical (unpaired) electrons. The standard InChI is InChI=1S/C10H14N2O2.C5H12N2.C5H11N.C5H7N/c1-11-4-6-12(7-5-11)10(13)9-3-2-8-14-9;1-7-4-2-6-3-5-7;2*1-6-4-2-3-5-6/h2-3,8H,4-7H2,1H3;6H,2-5H2,1H3;2-5H2,1H3;2-5H,1H3. The number of carbonyl (C=O) groups is 1. The Morgan fingerprint density at radius 3 is 1.67 bits per heavy atom. The van der Waals surface area contributed by atoms with Crippen LogP contribution in [0.15, 0.2) is 47.3 Å². The Kier molecular flexibility index (Phi) is 12.9. The minimum atomic E-state index is 0.00287. The van der Waals surface area contributed by atoms with Crippen LogP contribution in [0.3, 0.4) is 0 Å². The maximum absolute atomic E-state index is 11.8. The Labute approximate surface area is 200 Å². The van der Waals surface area contributed by atoms with Gasteiger partial charge in [-0.1, -0.05) is 0 Å². The third-order valence-electron chi connectivity index (χ3n) is 5.95. The number of hydrogen-bond acceptors (Lipinski definition) is 6. The van der Waals surface area contributed by atoms with Crippen molar-refractivity contribution in [3.05, 3.63) is 48.7 Å². The molecule has 1 N–H and O–H groups in total. The van der Waals surface area contributed by atoms with Gasteiger partial charge in [-0.3, -0.25) is 4.79 Å². The van der Waals surface area contributed by atoms with E-state index in [1.807, 2.05) is 41.0 Å².